The highest BCUT2D eigenvalue weighted by Crippen LogP contribution is 2.28. The predicted octanol–water partition coefficient (Wildman–Crippen LogP) is 3.16. The summed E-state index contributed by atoms with van der Waals surface area (Å²) in [6.07, 6.45) is 2.25. The first kappa shape index (κ1) is 15.4. The van der Waals surface area contributed by atoms with E-state index in [9.17, 15) is 0 Å². The molecule has 1 aromatic carbocycles. The van der Waals surface area contributed by atoms with Gasteiger partial charge in [-0.3, -0.25) is 0 Å². The number of aryl methyl sites for hydroxylation is 1. The van der Waals surface area contributed by atoms with Crippen LogP contribution in [0.2, 0.25) is 0 Å². The highest BCUT2D eigenvalue weighted by molar-refractivity contribution is 6.62. The van der Waals surface area contributed by atoms with E-state index < -0.39 is 8.80 Å². The molecule has 0 fully saturated rings. The quantitative estimate of drug-likeness (QED) is 0.711. The average Bonchev–Trinajstić information content (AvgIpc) is 2.42. The molecule has 0 radical (unpaired) electrons. The van der Waals surface area contributed by atoms with Gasteiger partial charge >= 0.3 is 8.80 Å². The lowest BCUT2D eigenvalue weighted by Gasteiger charge is -2.30. The molecule has 0 amide bonds. The Labute approximate surface area is 111 Å². The molecule has 1 atom stereocenters. The van der Waals surface area contributed by atoms with Gasteiger partial charge in [-0.25, -0.2) is 0 Å². The van der Waals surface area contributed by atoms with Crippen molar-refractivity contribution < 1.29 is 13.3 Å². The van der Waals surface area contributed by atoms with Crippen molar-refractivity contribution in [1.29, 1.82) is 0 Å². The molecule has 102 valence electrons. The second-order valence-electron chi connectivity index (χ2n) is 4.43. The fourth-order valence-electron chi connectivity index (χ4n) is 2.29. The Balaban J connectivity index is 3.01. The van der Waals surface area contributed by atoms with Crippen molar-refractivity contribution >= 4 is 8.80 Å². The number of hydrogen-bond donors (Lipinski definition) is 0. The van der Waals surface area contributed by atoms with Gasteiger partial charge in [-0.05, 0) is 17.5 Å². The lowest BCUT2D eigenvalue weighted by Crippen LogP contribution is -2.48. The summed E-state index contributed by atoms with van der Waals surface area (Å²) in [4.78, 5) is 0. The number of hydrogen-bond acceptors (Lipinski definition) is 3. The first-order valence-electron chi connectivity index (χ1n) is 6.37. The van der Waals surface area contributed by atoms with Crippen molar-refractivity contribution in [3.05, 3.63) is 35.4 Å². The van der Waals surface area contributed by atoms with Crippen LogP contribution >= 0.6 is 0 Å². The molecule has 1 unspecified atom stereocenters. The lowest BCUT2D eigenvalue weighted by atomic mass is 10.1. The van der Waals surface area contributed by atoms with E-state index in [2.05, 4.69) is 38.1 Å². The summed E-state index contributed by atoms with van der Waals surface area (Å²) >= 11 is 0. The maximum absolute atomic E-state index is 5.55. The molecular formula is C14H24O3Si. The molecule has 0 aliphatic rings. The lowest BCUT2D eigenvalue weighted by molar-refractivity contribution is 0.114. The normalized spacial score (nSPS) is 13.6. The zero-order valence-electron chi connectivity index (χ0n) is 12.0. The summed E-state index contributed by atoms with van der Waals surface area (Å²) in [5.74, 6) is 0. The van der Waals surface area contributed by atoms with Gasteiger partial charge in [0, 0.05) is 21.3 Å². The Morgan fingerprint density at radius 2 is 1.72 bits per heavy atom. The van der Waals surface area contributed by atoms with Gasteiger partial charge in [-0.1, -0.05) is 44.5 Å². The Bertz CT molecular complexity index is 356. The van der Waals surface area contributed by atoms with E-state index in [0.29, 0.717) is 0 Å². The van der Waals surface area contributed by atoms with Crippen LogP contribution in [-0.4, -0.2) is 30.1 Å². The highest BCUT2D eigenvalue weighted by Gasteiger charge is 2.45. The summed E-state index contributed by atoms with van der Waals surface area (Å²) in [5.41, 5.74) is 2.71. The van der Waals surface area contributed by atoms with Crippen molar-refractivity contribution in [1.82, 2.24) is 0 Å². The van der Waals surface area contributed by atoms with Gasteiger partial charge in [0.2, 0.25) is 0 Å². The van der Waals surface area contributed by atoms with Crippen LogP contribution < -0.4 is 0 Å². The van der Waals surface area contributed by atoms with Gasteiger partial charge < -0.3 is 13.3 Å². The first-order chi connectivity index (χ1) is 8.63. The molecule has 18 heavy (non-hydrogen) atoms. The molecule has 1 rings (SSSR count). The van der Waals surface area contributed by atoms with E-state index in [0.717, 1.165) is 12.8 Å². The minimum atomic E-state index is -2.61. The molecule has 1 aromatic rings. The third-order valence-corrected chi connectivity index (χ3v) is 6.47. The maximum Gasteiger partial charge on any atom is 0.507 e. The third-order valence-electron chi connectivity index (χ3n) is 3.37. The SMILES string of the molecule is CCCc1cccc(C(C)[Si](OC)(OC)OC)c1. The molecule has 0 saturated carbocycles. The molecular weight excluding hydrogens is 244 g/mol. The van der Waals surface area contributed by atoms with Crippen molar-refractivity contribution in [3.63, 3.8) is 0 Å². The largest absolute Gasteiger partial charge is 0.507 e. The van der Waals surface area contributed by atoms with Crippen LogP contribution in [0.1, 0.15) is 36.9 Å². The summed E-state index contributed by atoms with van der Waals surface area (Å²) in [6, 6.07) is 8.60. The summed E-state index contributed by atoms with van der Waals surface area (Å²) in [6.45, 7) is 4.29. The Kier molecular flexibility index (Phi) is 6.01. The molecule has 0 aromatic heterocycles. The predicted molar refractivity (Wildman–Crippen MR) is 75.6 cm³/mol. The fourth-order valence-corrected chi connectivity index (χ4v) is 4.44. The molecule has 0 aliphatic heterocycles. The van der Waals surface area contributed by atoms with Gasteiger partial charge in [0.05, 0.1) is 5.54 Å². The molecule has 0 bridgehead atoms. The second kappa shape index (κ2) is 7.04. The molecule has 0 spiro atoms. The van der Waals surface area contributed by atoms with Crippen molar-refractivity contribution in [3.8, 4) is 0 Å². The minimum absolute atomic E-state index is 0.134. The van der Waals surface area contributed by atoms with Gasteiger partial charge in [0.1, 0.15) is 0 Å². The zero-order chi connectivity index (χ0) is 13.6. The van der Waals surface area contributed by atoms with E-state index in [-0.39, 0.29) is 5.54 Å². The van der Waals surface area contributed by atoms with Crippen molar-refractivity contribution in [2.24, 2.45) is 0 Å². The molecule has 3 nitrogen and oxygen atoms in total. The first-order valence-corrected chi connectivity index (χ1v) is 8.18. The van der Waals surface area contributed by atoms with Crippen LogP contribution in [0.4, 0.5) is 0 Å². The average molecular weight is 268 g/mol. The smallest absolute Gasteiger partial charge is 0.376 e. The van der Waals surface area contributed by atoms with Crippen LogP contribution in [0.15, 0.2) is 24.3 Å². The Morgan fingerprint density at radius 1 is 1.11 bits per heavy atom. The van der Waals surface area contributed by atoms with Crippen LogP contribution in [-0.2, 0) is 19.7 Å². The van der Waals surface area contributed by atoms with E-state index in [1.165, 1.54) is 11.1 Å². The van der Waals surface area contributed by atoms with Gasteiger partial charge in [-0.2, -0.15) is 0 Å². The van der Waals surface area contributed by atoms with E-state index in [4.69, 9.17) is 13.3 Å². The molecule has 0 aliphatic carbocycles. The third kappa shape index (κ3) is 3.20. The number of benzene rings is 1. The molecule has 0 heterocycles. The van der Waals surface area contributed by atoms with Crippen molar-refractivity contribution in [2.75, 3.05) is 21.3 Å². The molecule has 0 N–H and O–H groups in total. The summed E-state index contributed by atoms with van der Waals surface area (Å²) in [5, 5.41) is 0. The summed E-state index contributed by atoms with van der Waals surface area (Å²) < 4.78 is 16.6. The molecule has 0 saturated heterocycles. The van der Waals surface area contributed by atoms with Crippen LogP contribution in [0.25, 0.3) is 0 Å². The van der Waals surface area contributed by atoms with Gasteiger partial charge in [0.15, 0.2) is 0 Å². The maximum atomic E-state index is 5.55. The molecule has 4 heteroatoms. The standard InChI is InChI=1S/C14H24O3Si/c1-6-8-13-9-7-10-14(11-13)12(2)18(15-3,16-4)17-5/h7,9-12H,6,8H2,1-5H3. The zero-order valence-corrected chi connectivity index (χ0v) is 13.0. The monoisotopic (exact) mass is 268 g/mol. The van der Waals surface area contributed by atoms with Gasteiger partial charge in [-0.15, -0.1) is 0 Å². The Hall–Kier alpha value is -0.683. The van der Waals surface area contributed by atoms with E-state index in [1.54, 1.807) is 21.3 Å². The van der Waals surface area contributed by atoms with Crippen LogP contribution in [0.5, 0.6) is 0 Å². The summed E-state index contributed by atoms with van der Waals surface area (Å²) in [7, 11) is 2.37. The van der Waals surface area contributed by atoms with Crippen molar-refractivity contribution in [2.45, 2.75) is 32.2 Å². The number of rotatable bonds is 7. The van der Waals surface area contributed by atoms with Crippen LogP contribution in [0, 0.1) is 0 Å². The minimum Gasteiger partial charge on any atom is -0.376 e. The van der Waals surface area contributed by atoms with Crippen LogP contribution in [0.3, 0.4) is 0 Å². The van der Waals surface area contributed by atoms with E-state index in [1.807, 2.05) is 0 Å². The second-order valence-corrected chi connectivity index (χ2v) is 7.73. The Morgan fingerprint density at radius 3 is 2.22 bits per heavy atom. The van der Waals surface area contributed by atoms with Gasteiger partial charge in [0.25, 0.3) is 0 Å². The topological polar surface area (TPSA) is 27.7 Å². The highest BCUT2D eigenvalue weighted by atomic mass is 28.4. The fraction of sp³-hybridized carbons (Fsp3) is 0.571. The van der Waals surface area contributed by atoms with E-state index >= 15 is 0 Å².